The highest BCUT2D eigenvalue weighted by Crippen LogP contribution is 2.17. The first-order chi connectivity index (χ1) is 12.6. The third-order valence-electron chi connectivity index (χ3n) is 4.15. The van der Waals surface area contributed by atoms with Crippen molar-refractivity contribution in [2.75, 3.05) is 44.2 Å². The van der Waals surface area contributed by atoms with Crippen LogP contribution in [0.3, 0.4) is 0 Å². The SMILES string of the molecule is C=CCN(CC=C)C(=O)/C(C#N)=C\N1CCN(c2ccc(F)cc2)CC1. The van der Waals surface area contributed by atoms with Gasteiger partial charge < -0.3 is 14.7 Å². The van der Waals surface area contributed by atoms with Crippen molar-refractivity contribution < 1.29 is 9.18 Å². The van der Waals surface area contributed by atoms with Gasteiger partial charge in [-0.25, -0.2) is 4.39 Å². The maximum Gasteiger partial charge on any atom is 0.266 e. The number of carbonyl (C=O) groups excluding carboxylic acids is 1. The standard InChI is InChI=1S/C20H23FN4O/c1-3-9-25(10-4-2)20(26)17(15-22)16-23-11-13-24(14-12-23)19-7-5-18(21)6-8-19/h3-8,16H,1-2,9-14H2/b17-16-. The zero-order chi connectivity index (χ0) is 18.9. The number of piperazine rings is 1. The van der Waals surface area contributed by atoms with E-state index in [0.717, 1.165) is 18.8 Å². The second-order valence-electron chi connectivity index (χ2n) is 5.94. The van der Waals surface area contributed by atoms with Gasteiger partial charge in [-0.15, -0.1) is 13.2 Å². The second-order valence-corrected chi connectivity index (χ2v) is 5.94. The van der Waals surface area contributed by atoms with Crippen molar-refractivity contribution in [1.82, 2.24) is 9.80 Å². The van der Waals surface area contributed by atoms with Crippen LogP contribution in [0, 0.1) is 17.1 Å². The fourth-order valence-corrected chi connectivity index (χ4v) is 2.80. The van der Waals surface area contributed by atoms with Crippen LogP contribution in [0.4, 0.5) is 10.1 Å². The topological polar surface area (TPSA) is 50.6 Å². The zero-order valence-electron chi connectivity index (χ0n) is 14.8. The Morgan fingerprint density at radius 3 is 2.23 bits per heavy atom. The van der Waals surface area contributed by atoms with Crippen molar-refractivity contribution in [3.63, 3.8) is 0 Å². The minimum Gasteiger partial charge on any atom is -0.373 e. The van der Waals surface area contributed by atoms with Crippen molar-refractivity contribution in [2.24, 2.45) is 0 Å². The lowest BCUT2D eigenvalue weighted by Crippen LogP contribution is -2.44. The smallest absolute Gasteiger partial charge is 0.266 e. The van der Waals surface area contributed by atoms with E-state index in [4.69, 9.17) is 0 Å². The average Bonchev–Trinajstić information content (AvgIpc) is 2.66. The number of carbonyl (C=O) groups is 1. The minimum absolute atomic E-state index is 0.101. The largest absolute Gasteiger partial charge is 0.373 e. The Kier molecular flexibility index (Phi) is 6.98. The summed E-state index contributed by atoms with van der Waals surface area (Å²) >= 11 is 0. The molecule has 136 valence electrons. The molecular formula is C20H23FN4O. The van der Waals surface area contributed by atoms with Gasteiger partial charge in [-0.2, -0.15) is 5.26 Å². The highest BCUT2D eigenvalue weighted by Gasteiger charge is 2.20. The fourth-order valence-electron chi connectivity index (χ4n) is 2.80. The van der Waals surface area contributed by atoms with Crippen molar-refractivity contribution in [3.8, 4) is 6.07 Å². The first-order valence-electron chi connectivity index (χ1n) is 8.46. The van der Waals surface area contributed by atoms with Crippen LogP contribution in [0.1, 0.15) is 0 Å². The maximum absolute atomic E-state index is 13.0. The summed E-state index contributed by atoms with van der Waals surface area (Å²) in [6.45, 7) is 10.8. The van der Waals surface area contributed by atoms with Gasteiger partial charge >= 0.3 is 0 Å². The molecule has 1 fully saturated rings. The Labute approximate surface area is 153 Å². The molecule has 0 atom stereocenters. The van der Waals surface area contributed by atoms with Crippen molar-refractivity contribution in [1.29, 1.82) is 5.26 Å². The zero-order valence-corrected chi connectivity index (χ0v) is 14.8. The van der Waals surface area contributed by atoms with Gasteiger partial charge in [0, 0.05) is 51.2 Å². The highest BCUT2D eigenvalue weighted by molar-refractivity contribution is 5.97. The van der Waals surface area contributed by atoms with Crippen molar-refractivity contribution >= 4 is 11.6 Å². The van der Waals surface area contributed by atoms with E-state index in [2.05, 4.69) is 18.1 Å². The number of rotatable bonds is 7. The van der Waals surface area contributed by atoms with E-state index in [1.54, 1.807) is 30.5 Å². The van der Waals surface area contributed by atoms with Gasteiger partial charge in [0.15, 0.2) is 0 Å². The predicted octanol–water partition coefficient (Wildman–Crippen LogP) is 2.56. The molecule has 0 aliphatic carbocycles. The third kappa shape index (κ3) is 4.96. The molecule has 0 bridgehead atoms. The number of amides is 1. The molecule has 6 heteroatoms. The van der Waals surface area contributed by atoms with Crippen LogP contribution in [0.15, 0.2) is 61.3 Å². The predicted molar refractivity (Wildman–Crippen MR) is 101 cm³/mol. The van der Waals surface area contributed by atoms with E-state index in [-0.39, 0.29) is 17.3 Å². The first kappa shape index (κ1) is 19.3. The van der Waals surface area contributed by atoms with Crippen LogP contribution in [-0.4, -0.2) is 55.0 Å². The molecule has 0 aromatic heterocycles. The monoisotopic (exact) mass is 354 g/mol. The van der Waals surface area contributed by atoms with Gasteiger partial charge in [0.2, 0.25) is 0 Å². The lowest BCUT2D eigenvalue weighted by atomic mass is 10.2. The molecule has 0 saturated carbocycles. The van der Waals surface area contributed by atoms with Gasteiger partial charge in [0.05, 0.1) is 0 Å². The van der Waals surface area contributed by atoms with Crippen LogP contribution < -0.4 is 4.90 Å². The molecule has 0 unspecified atom stereocenters. The molecule has 0 N–H and O–H groups in total. The summed E-state index contributed by atoms with van der Waals surface area (Å²) in [5.74, 6) is -0.579. The van der Waals surface area contributed by atoms with Crippen molar-refractivity contribution in [2.45, 2.75) is 0 Å². The van der Waals surface area contributed by atoms with Crippen molar-refractivity contribution in [3.05, 3.63) is 67.2 Å². The summed E-state index contributed by atoms with van der Waals surface area (Å²) < 4.78 is 13.0. The van der Waals surface area contributed by atoms with Gasteiger partial charge in [-0.05, 0) is 24.3 Å². The first-order valence-corrected chi connectivity index (χ1v) is 8.46. The fraction of sp³-hybridized carbons (Fsp3) is 0.300. The molecule has 1 aliphatic rings. The molecule has 1 amide bonds. The second kappa shape index (κ2) is 9.42. The molecule has 5 nitrogen and oxygen atoms in total. The molecular weight excluding hydrogens is 331 g/mol. The van der Waals surface area contributed by atoms with Gasteiger partial charge in [0.25, 0.3) is 5.91 Å². The van der Waals surface area contributed by atoms with Crippen LogP contribution in [0.2, 0.25) is 0 Å². The molecule has 0 spiro atoms. The molecule has 1 saturated heterocycles. The number of benzene rings is 1. The Morgan fingerprint density at radius 1 is 1.15 bits per heavy atom. The minimum atomic E-state index is -0.326. The van der Waals surface area contributed by atoms with E-state index >= 15 is 0 Å². The molecule has 1 aromatic rings. The number of hydrogen-bond donors (Lipinski definition) is 0. The van der Waals surface area contributed by atoms with E-state index < -0.39 is 0 Å². The molecule has 0 radical (unpaired) electrons. The highest BCUT2D eigenvalue weighted by atomic mass is 19.1. The third-order valence-corrected chi connectivity index (χ3v) is 4.15. The molecule has 26 heavy (non-hydrogen) atoms. The Bertz CT molecular complexity index is 702. The Hall–Kier alpha value is -3.07. The number of nitrogens with zero attached hydrogens (tertiary/aromatic N) is 4. The van der Waals surface area contributed by atoms with Gasteiger partial charge in [-0.3, -0.25) is 4.79 Å². The molecule has 1 aliphatic heterocycles. The Morgan fingerprint density at radius 2 is 1.73 bits per heavy atom. The van der Waals surface area contributed by atoms with E-state index in [9.17, 15) is 14.4 Å². The summed E-state index contributed by atoms with van der Waals surface area (Å²) in [6.07, 6.45) is 4.87. The quantitative estimate of drug-likeness (QED) is 0.429. The van der Waals surface area contributed by atoms with E-state index in [1.807, 2.05) is 11.0 Å². The number of nitriles is 1. The number of hydrogen-bond acceptors (Lipinski definition) is 4. The van der Waals surface area contributed by atoms with Crippen LogP contribution in [0.5, 0.6) is 0 Å². The van der Waals surface area contributed by atoms with E-state index in [0.29, 0.717) is 26.2 Å². The number of halogens is 1. The molecule has 2 rings (SSSR count). The summed E-state index contributed by atoms with van der Waals surface area (Å²) in [4.78, 5) is 18.2. The molecule has 1 heterocycles. The number of anilines is 1. The van der Waals surface area contributed by atoms with E-state index in [1.165, 1.54) is 17.0 Å². The summed E-state index contributed by atoms with van der Waals surface area (Å²) in [5, 5.41) is 9.38. The average molecular weight is 354 g/mol. The summed E-state index contributed by atoms with van der Waals surface area (Å²) in [7, 11) is 0. The lowest BCUT2D eigenvalue weighted by Gasteiger charge is -2.35. The lowest BCUT2D eigenvalue weighted by molar-refractivity contribution is -0.125. The van der Waals surface area contributed by atoms with Crippen LogP contribution >= 0.6 is 0 Å². The van der Waals surface area contributed by atoms with Crippen LogP contribution in [-0.2, 0) is 4.79 Å². The van der Waals surface area contributed by atoms with Gasteiger partial charge in [-0.1, -0.05) is 12.2 Å². The summed E-state index contributed by atoms with van der Waals surface area (Å²) in [6, 6.07) is 8.41. The van der Waals surface area contributed by atoms with Gasteiger partial charge in [0.1, 0.15) is 17.5 Å². The normalized spacial score (nSPS) is 14.5. The Balaban J connectivity index is 2.01. The molecule has 1 aromatic carbocycles. The summed E-state index contributed by atoms with van der Waals surface area (Å²) in [5.41, 5.74) is 1.07. The maximum atomic E-state index is 13.0. The van der Waals surface area contributed by atoms with Crippen LogP contribution in [0.25, 0.3) is 0 Å².